The van der Waals surface area contributed by atoms with Gasteiger partial charge in [-0.1, -0.05) is 60.7 Å². The second-order valence-electron chi connectivity index (χ2n) is 7.98. The number of cyclic esters (lactones) is 1. The fraction of sp³-hybridized carbons (Fsp3) is 0.259. The van der Waals surface area contributed by atoms with Crippen molar-refractivity contribution in [3.05, 3.63) is 96.1 Å². The molecular formula is C27H27NO4. The predicted molar refractivity (Wildman–Crippen MR) is 124 cm³/mol. The molecule has 0 aromatic heterocycles. The van der Waals surface area contributed by atoms with Gasteiger partial charge in [-0.25, -0.2) is 0 Å². The summed E-state index contributed by atoms with van der Waals surface area (Å²) >= 11 is 0. The molecule has 1 aliphatic heterocycles. The van der Waals surface area contributed by atoms with Crippen molar-refractivity contribution in [2.75, 3.05) is 25.7 Å². The van der Waals surface area contributed by atoms with Crippen LogP contribution in [0.15, 0.2) is 84.9 Å². The minimum absolute atomic E-state index is 0.0667. The van der Waals surface area contributed by atoms with Crippen LogP contribution in [0.1, 0.15) is 29.4 Å². The van der Waals surface area contributed by atoms with E-state index in [1.165, 1.54) is 0 Å². The maximum atomic E-state index is 14.0. The average molecular weight is 430 g/mol. The van der Waals surface area contributed by atoms with Crippen LogP contribution in [0.2, 0.25) is 0 Å². The summed E-state index contributed by atoms with van der Waals surface area (Å²) in [4.78, 5) is 28.4. The Morgan fingerprint density at radius 1 is 0.938 bits per heavy atom. The number of para-hydroxylation sites is 1. The van der Waals surface area contributed by atoms with Gasteiger partial charge in [-0.15, -0.1) is 0 Å². The van der Waals surface area contributed by atoms with E-state index in [4.69, 9.17) is 9.47 Å². The Labute approximate surface area is 188 Å². The van der Waals surface area contributed by atoms with Gasteiger partial charge in [-0.3, -0.25) is 9.59 Å². The SMILES string of the molecule is COc1ccc(C(C2CCOC2=O)C(C(=O)N(C)c2ccccc2)c2ccccc2)cc1. The quantitative estimate of drug-likeness (QED) is 0.507. The summed E-state index contributed by atoms with van der Waals surface area (Å²) in [5, 5.41) is 0. The van der Waals surface area contributed by atoms with Crippen molar-refractivity contribution in [1.29, 1.82) is 0 Å². The molecule has 164 valence electrons. The highest BCUT2D eigenvalue weighted by atomic mass is 16.5. The number of anilines is 1. The number of esters is 1. The van der Waals surface area contributed by atoms with Crippen LogP contribution in [-0.4, -0.2) is 32.6 Å². The zero-order chi connectivity index (χ0) is 22.5. The molecule has 4 rings (SSSR count). The first-order valence-electron chi connectivity index (χ1n) is 10.8. The largest absolute Gasteiger partial charge is 0.497 e. The van der Waals surface area contributed by atoms with Crippen LogP contribution >= 0.6 is 0 Å². The van der Waals surface area contributed by atoms with Gasteiger partial charge in [0.15, 0.2) is 0 Å². The highest BCUT2D eigenvalue weighted by Crippen LogP contribution is 2.44. The van der Waals surface area contributed by atoms with Crippen molar-refractivity contribution in [3.8, 4) is 5.75 Å². The first-order chi connectivity index (χ1) is 15.6. The topological polar surface area (TPSA) is 55.8 Å². The molecular weight excluding hydrogens is 402 g/mol. The molecule has 0 N–H and O–H groups in total. The zero-order valence-electron chi connectivity index (χ0n) is 18.3. The van der Waals surface area contributed by atoms with E-state index in [-0.39, 0.29) is 17.8 Å². The van der Waals surface area contributed by atoms with E-state index in [2.05, 4.69) is 0 Å². The summed E-state index contributed by atoms with van der Waals surface area (Å²) < 4.78 is 10.7. The molecule has 3 aromatic rings. The van der Waals surface area contributed by atoms with E-state index >= 15 is 0 Å². The van der Waals surface area contributed by atoms with Gasteiger partial charge in [0.05, 0.1) is 25.6 Å². The smallest absolute Gasteiger partial charge is 0.309 e. The van der Waals surface area contributed by atoms with E-state index in [9.17, 15) is 9.59 Å². The highest BCUT2D eigenvalue weighted by molar-refractivity contribution is 5.99. The molecule has 0 saturated carbocycles. The second-order valence-corrected chi connectivity index (χ2v) is 7.98. The Kier molecular flexibility index (Phi) is 6.55. The van der Waals surface area contributed by atoms with Crippen LogP contribution in [0.5, 0.6) is 5.75 Å². The third kappa shape index (κ3) is 4.37. The molecule has 1 aliphatic rings. The second kappa shape index (κ2) is 9.69. The van der Waals surface area contributed by atoms with Gasteiger partial charge in [0.1, 0.15) is 5.75 Å². The maximum absolute atomic E-state index is 14.0. The van der Waals surface area contributed by atoms with Gasteiger partial charge in [0.25, 0.3) is 0 Å². The summed E-state index contributed by atoms with van der Waals surface area (Å²) in [6, 6.07) is 26.9. The van der Waals surface area contributed by atoms with Crippen molar-refractivity contribution in [2.45, 2.75) is 18.3 Å². The Balaban J connectivity index is 1.82. The Bertz CT molecular complexity index is 1050. The minimum Gasteiger partial charge on any atom is -0.497 e. The van der Waals surface area contributed by atoms with E-state index in [0.29, 0.717) is 13.0 Å². The first kappa shape index (κ1) is 21.6. The summed E-state index contributed by atoms with van der Waals surface area (Å²) in [6.45, 7) is 0.375. The number of rotatable bonds is 7. The molecule has 0 radical (unpaired) electrons. The Morgan fingerprint density at radius 3 is 2.12 bits per heavy atom. The Hall–Kier alpha value is -3.60. The van der Waals surface area contributed by atoms with Gasteiger partial charge in [-0.05, 0) is 41.8 Å². The standard InChI is InChI=1S/C27H27NO4/c1-28(21-11-7-4-8-12-21)26(29)25(19-9-5-3-6-10-19)24(23-17-18-32-27(23)30)20-13-15-22(31-2)16-14-20/h3-16,23-25H,17-18H2,1-2H3. The number of ether oxygens (including phenoxy) is 2. The van der Waals surface area contributed by atoms with Crippen molar-refractivity contribution >= 4 is 17.6 Å². The molecule has 5 heteroatoms. The summed E-state index contributed by atoms with van der Waals surface area (Å²) in [5.74, 6) is -0.903. The number of hydrogen-bond acceptors (Lipinski definition) is 4. The number of nitrogens with zero attached hydrogens (tertiary/aromatic N) is 1. The number of likely N-dealkylation sites (N-methyl/N-ethyl adjacent to an activating group) is 1. The monoisotopic (exact) mass is 429 g/mol. The van der Waals surface area contributed by atoms with Crippen LogP contribution in [0.3, 0.4) is 0 Å². The fourth-order valence-electron chi connectivity index (χ4n) is 4.47. The summed E-state index contributed by atoms with van der Waals surface area (Å²) in [6.07, 6.45) is 0.585. The summed E-state index contributed by atoms with van der Waals surface area (Å²) in [7, 11) is 3.40. The van der Waals surface area contributed by atoms with Crippen molar-refractivity contribution in [3.63, 3.8) is 0 Å². The van der Waals surface area contributed by atoms with Crippen molar-refractivity contribution in [2.24, 2.45) is 5.92 Å². The van der Waals surface area contributed by atoms with E-state index in [1.807, 2.05) is 84.9 Å². The van der Waals surface area contributed by atoms with Gasteiger partial charge in [0, 0.05) is 18.7 Å². The maximum Gasteiger partial charge on any atom is 0.309 e. The van der Waals surface area contributed by atoms with Crippen molar-refractivity contribution < 1.29 is 19.1 Å². The third-order valence-corrected chi connectivity index (χ3v) is 6.17. The number of carbonyl (C=O) groups is 2. The molecule has 3 unspecified atom stereocenters. The van der Waals surface area contributed by atoms with Gasteiger partial charge in [0.2, 0.25) is 5.91 Å². The summed E-state index contributed by atoms with van der Waals surface area (Å²) in [5.41, 5.74) is 2.60. The molecule has 1 amide bonds. The van der Waals surface area contributed by atoms with Crippen LogP contribution < -0.4 is 9.64 Å². The number of amides is 1. The van der Waals surface area contributed by atoms with Gasteiger partial charge < -0.3 is 14.4 Å². The average Bonchev–Trinajstić information content (AvgIpc) is 3.28. The van der Waals surface area contributed by atoms with E-state index in [0.717, 1.165) is 22.6 Å². The minimum atomic E-state index is -0.551. The molecule has 1 fully saturated rings. The first-order valence-corrected chi connectivity index (χ1v) is 10.8. The van der Waals surface area contributed by atoms with Crippen LogP contribution in [0, 0.1) is 5.92 Å². The van der Waals surface area contributed by atoms with E-state index < -0.39 is 11.8 Å². The number of methoxy groups -OCH3 is 1. The highest BCUT2D eigenvalue weighted by Gasteiger charge is 2.44. The van der Waals surface area contributed by atoms with Gasteiger partial charge >= 0.3 is 5.97 Å². The number of benzene rings is 3. The lowest BCUT2D eigenvalue weighted by atomic mass is 9.72. The fourth-order valence-corrected chi connectivity index (χ4v) is 4.47. The van der Waals surface area contributed by atoms with Crippen LogP contribution in [0.25, 0.3) is 0 Å². The zero-order valence-corrected chi connectivity index (χ0v) is 18.3. The molecule has 0 bridgehead atoms. The lowest BCUT2D eigenvalue weighted by Crippen LogP contribution is -2.37. The molecule has 3 aromatic carbocycles. The van der Waals surface area contributed by atoms with Crippen LogP contribution in [-0.2, 0) is 14.3 Å². The lowest BCUT2D eigenvalue weighted by molar-refractivity contribution is -0.142. The van der Waals surface area contributed by atoms with Crippen molar-refractivity contribution in [1.82, 2.24) is 0 Å². The molecule has 32 heavy (non-hydrogen) atoms. The number of hydrogen-bond donors (Lipinski definition) is 0. The van der Waals surface area contributed by atoms with E-state index in [1.54, 1.807) is 19.1 Å². The molecule has 1 saturated heterocycles. The Morgan fingerprint density at radius 2 is 1.56 bits per heavy atom. The molecule has 3 atom stereocenters. The predicted octanol–water partition coefficient (Wildman–Crippen LogP) is 4.79. The molecule has 1 heterocycles. The van der Waals surface area contributed by atoms with Crippen LogP contribution in [0.4, 0.5) is 5.69 Å². The lowest BCUT2D eigenvalue weighted by Gasteiger charge is -2.33. The molecule has 0 spiro atoms. The third-order valence-electron chi connectivity index (χ3n) is 6.17. The normalized spacial score (nSPS) is 17.3. The van der Waals surface area contributed by atoms with Gasteiger partial charge in [-0.2, -0.15) is 0 Å². The number of carbonyl (C=O) groups excluding carboxylic acids is 2. The molecule has 0 aliphatic carbocycles. The molecule has 5 nitrogen and oxygen atoms in total.